The summed E-state index contributed by atoms with van der Waals surface area (Å²) < 4.78 is 41.9. The van der Waals surface area contributed by atoms with E-state index in [2.05, 4.69) is 40.7 Å². The number of hydrogen-bond acceptors (Lipinski definition) is 10. The molecule has 0 aromatic carbocycles. The van der Waals surface area contributed by atoms with E-state index < -0.39 is 42.7 Å². The highest BCUT2D eigenvalue weighted by Crippen LogP contribution is 2.55. The molecule has 2 saturated carbocycles. The molecule has 12 nitrogen and oxygen atoms in total. The first kappa shape index (κ1) is 45.3. The van der Waals surface area contributed by atoms with Gasteiger partial charge in [0.2, 0.25) is 12.7 Å². The fourth-order valence-electron chi connectivity index (χ4n) is 8.49. The molecule has 13 heteroatoms. The van der Waals surface area contributed by atoms with Gasteiger partial charge in [-0.2, -0.15) is 0 Å². The molecular weight excluding hydrogens is 745 g/mol. The zero-order valence-electron chi connectivity index (χ0n) is 37.3. The van der Waals surface area contributed by atoms with Crippen LogP contribution in [-0.4, -0.2) is 75.7 Å². The van der Waals surface area contributed by atoms with E-state index in [1.54, 1.807) is 41.5 Å². The van der Waals surface area contributed by atoms with Crippen molar-refractivity contribution in [1.82, 2.24) is 14.8 Å². The van der Waals surface area contributed by atoms with Crippen molar-refractivity contribution >= 4 is 36.7 Å². The number of aromatic nitrogens is 1. The number of phosphoric ester groups is 1. The van der Waals surface area contributed by atoms with Gasteiger partial charge in [0.1, 0.15) is 5.52 Å². The predicted octanol–water partition coefficient (Wildman–Crippen LogP) is 10.3. The lowest BCUT2D eigenvalue weighted by atomic mass is 9.71. The minimum Gasteiger partial charge on any atom is -0.449 e. The maximum atomic E-state index is 14.2. The maximum absolute atomic E-state index is 14.2. The Labute approximate surface area is 341 Å². The number of pyridine rings is 1. The summed E-state index contributed by atoms with van der Waals surface area (Å²) in [5.74, 6) is -0.231. The number of phosphoric acid groups is 1. The fourth-order valence-corrected chi connectivity index (χ4v) is 10.2. The molecule has 0 N–H and O–H groups in total. The van der Waals surface area contributed by atoms with Gasteiger partial charge in [-0.3, -0.25) is 23.4 Å². The average molecular weight is 816 g/mol. The summed E-state index contributed by atoms with van der Waals surface area (Å²) >= 11 is 0. The van der Waals surface area contributed by atoms with Crippen molar-refractivity contribution in [2.45, 2.75) is 176 Å². The van der Waals surface area contributed by atoms with Gasteiger partial charge >= 0.3 is 13.8 Å². The molecule has 0 radical (unpaired) electrons. The molecule has 57 heavy (non-hydrogen) atoms. The Bertz CT molecular complexity index is 1820. The van der Waals surface area contributed by atoms with Crippen molar-refractivity contribution < 1.29 is 41.7 Å². The summed E-state index contributed by atoms with van der Waals surface area (Å²) in [5.41, 5.74) is 0.581. The molecule has 1 aliphatic heterocycles. The van der Waals surface area contributed by atoms with Crippen molar-refractivity contribution in [3.63, 3.8) is 0 Å². The smallest absolute Gasteiger partial charge is 0.449 e. The van der Waals surface area contributed by atoms with Crippen LogP contribution in [0.2, 0.25) is 0 Å². The first-order valence-electron chi connectivity index (χ1n) is 20.9. The number of furan rings is 1. The highest BCUT2D eigenvalue weighted by molar-refractivity contribution is 7.48. The molecule has 2 aromatic heterocycles. The monoisotopic (exact) mass is 815 g/mol. The SMILES string of the molecule is CC1(C)CCC(c2cc(C(C)(C)C)c3oc(C(=O)N4CCN(C(=O)C5CCC(C)(C(=O)OCOP(=O)(OC(C)(C)C)OC(C)(C)C)CC5)CC4(C)C)cc3n2)CC1. The number of amides is 2. The standard InChI is InChI=1S/C44H70N3O9P/c1-39(2,3)31-25-32(29-15-19-42(10,11)20-16-29)45-33-26-34(54-35(31)33)37(49)47-24-23-46(27-43(47,12)13)36(48)30-17-21-44(14,22-18-30)38(50)52-28-53-57(51,55-40(4,5)6)56-41(7,8)9/h25-26,29-30H,15-24,27-28H2,1-14H3. The second kappa shape index (κ2) is 16.0. The van der Waals surface area contributed by atoms with E-state index in [0.717, 1.165) is 29.6 Å². The van der Waals surface area contributed by atoms with Gasteiger partial charge in [-0.25, -0.2) is 14.1 Å². The Balaban J connectivity index is 1.19. The maximum Gasteiger partial charge on any atom is 0.478 e. The first-order chi connectivity index (χ1) is 26.0. The molecule has 3 heterocycles. The number of hydrogen-bond donors (Lipinski definition) is 0. The van der Waals surface area contributed by atoms with Gasteiger partial charge in [0, 0.05) is 48.8 Å². The van der Waals surface area contributed by atoms with E-state index in [1.165, 1.54) is 12.8 Å². The van der Waals surface area contributed by atoms with Crippen LogP contribution in [0.15, 0.2) is 16.5 Å². The van der Waals surface area contributed by atoms with E-state index in [9.17, 15) is 18.9 Å². The van der Waals surface area contributed by atoms with E-state index in [1.807, 2.05) is 36.6 Å². The molecule has 0 bridgehead atoms. The van der Waals surface area contributed by atoms with E-state index in [4.69, 9.17) is 27.7 Å². The Kier molecular flexibility index (Phi) is 12.7. The molecule has 1 saturated heterocycles. The summed E-state index contributed by atoms with van der Waals surface area (Å²) in [6.45, 7) is 28.0. The van der Waals surface area contributed by atoms with Crippen molar-refractivity contribution in [2.75, 3.05) is 26.4 Å². The second-order valence-corrected chi connectivity index (χ2v) is 23.0. The Morgan fingerprint density at radius 3 is 1.95 bits per heavy atom. The molecule has 5 rings (SSSR count). The zero-order valence-corrected chi connectivity index (χ0v) is 38.2. The zero-order chi connectivity index (χ0) is 42.6. The number of esters is 1. The molecule has 2 amide bonds. The lowest BCUT2D eigenvalue weighted by molar-refractivity contribution is -0.167. The van der Waals surface area contributed by atoms with Crippen molar-refractivity contribution in [2.24, 2.45) is 16.7 Å². The van der Waals surface area contributed by atoms with E-state index in [0.29, 0.717) is 62.2 Å². The molecule has 0 unspecified atom stereocenters. The summed E-state index contributed by atoms with van der Waals surface area (Å²) in [7, 11) is -4.04. The van der Waals surface area contributed by atoms with Gasteiger partial charge in [0.25, 0.3) is 5.91 Å². The Morgan fingerprint density at radius 2 is 1.42 bits per heavy atom. The van der Waals surface area contributed by atoms with Gasteiger partial charge in [0.05, 0.1) is 22.2 Å². The molecule has 0 spiro atoms. The summed E-state index contributed by atoms with van der Waals surface area (Å²) in [5, 5.41) is 0. The number of piperazine rings is 1. The van der Waals surface area contributed by atoms with E-state index in [-0.39, 0.29) is 28.9 Å². The third kappa shape index (κ3) is 11.1. The Hall–Kier alpha value is -2.79. The number of carbonyl (C=O) groups excluding carboxylic acids is 3. The third-order valence-electron chi connectivity index (χ3n) is 11.8. The summed E-state index contributed by atoms with van der Waals surface area (Å²) in [6, 6.07) is 4.01. The van der Waals surface area contributed by atoms with Crippen LogP contribution >= 0.6 is 7.82 Å². The number of nitrogens with zero attached hydrogens (tertiary/aromatic N) is 3. The number of ether oxygens (including phenoxy) is 1. The second-order valence-electron chi connectivity index (χ2n) is 21.5. The highest BCUT2D eigenvalue weighted by atomic mass is 31.2. The van der Waals surface area contributed by atoms with Gasteiger partial charge in [-0.05, 0) is 131 Å². The molecular formula is C44H70N3O9P. The van der Waals surface area contributed by atoms with Crippen LogP contribution < -0.4 is 0 Å². The largest absolute Gasteiger partial charge is 0.478 e. The molecule has 0 atom stereocenters. The minimum atomic E-state index is -4.04. The van der Waals surface area contributed by atoms with Crippen LogP contribution in [-0.2, 0) is 37.9 Å². The van der Waals surface area contributed by atoms with Gasteiger partial charge in [-0.1, -0.05) is 34.6 Å². The normalized spacial score (nSPS) is 23.8. The van der Waals surface area contributed by atoms with Gasteiger partial charge in [0.15, 0.2) is 11.3 Å². The van der Waals surface area contributed by atoms with E-state index >= 15 is 0 Å². The topological polar surface area (TPSA) is 138 Å². The quantitative estimate of drug-likeness (QED) is 0.137. The van der Waals surface area contributed by atoms with Gasteiger partial charge < -0.3 is 19.0 Å². The lowest BCUT2D eigenvalue weighted by Gasteiger charge is -2.48. The third-order valence-corrected chi connectivity index (χ3v) is 13.8. The lowest BCUT2D eigenvalue weighted by Crippen LogP contribution is -2.62. The van der Waals surface area contributed by atoms with Crippen LogP contribution in [0.4, 0.5) is 0 Å². The summed E-state index contributed by atoms with van der Waals surface area (Å²) in [4.78, 5) is 50.2. The highest BCUT2D eigenvalue weighted by Gasteiger charge is 2.45. The average Bonchev–Trinajstić information content (AvgIpc) is 3.49. The first-order valence-corrected chi connectivity index (χ1v) is 22.4. The number of fused-ring (bicyclic) bond motifs is 1. The summed E-state index contributed by atoms with van der Waals surface area (Å²) in [6.07, 6.45) is 6.49. The minimum absolute atomic E-state index is 0.0370. The van der Waals surface area contributed by atoms with Crippen LogP contribution in [0.1, 0.15) is 176 Å². The van der Waals surface area contributed by atoms with Crippen LogP contribution in [0.25, 0.3) is 11.1 Å². The fraction of sp³-hybridized carbons (Fsp3) is 0.773. The van der Waals surface area contributed by atoms with Gasteiger partial charge in [-0.15, -0.1) is 0 Å². The molecule has 320 valence electrons. The Morgan fingerprint density at radius 1 is 0.842 bits per heavy atom. The van der Waals surface area contributed by atoms with Crippen LogP contribution in [0, 0.1) is 16.7 Å². The molecule has 3 aliphatic rings. The van der Waals surface area contributed by atoms with Crippen LogP contribution in [0.5, 0.6) is 0 Å². The molecule has 2 aliphatic carbocycles. The predicted molar refractivity (Wildman–Crippen MR) is 221 cm³/mol. The van der Waals surface area contributed by atoms with Crippen molar-refractivity contribution in [3.05, 3.63) is 29.2 Å². The van der Waals surface area contributed by atoms with Crippen molar-refractivity contribution in [3.8, 4) is 0 Å². The van der Waals surface area contributed by atoms with Crippen molar-refractivity contribution in [1.29, 1.82) is 0 Å². The number of rotatable bonds is 9. The number of carbonyl (C=O) groups is 3. The molecule has 2 aromatic rings. The van der Waals surface area contributed by atoms with Crippen LogP contribution in [0.3, 0.4) is 0 Å². The molecule has 3 fully saturated rings.